The second-order valence-corrected chi connectivity index (χ2v) is 2.84. The summed E-state index contributed by atoms with van der Waals surface area (Å²) in [4.78, 5) is 0. The average Bonchev–Trinajstić information content (AvgIpc) is 2.52. The minimum Gasteiger partial charge on any atom is -0.370 e. The van der Waals surface area contributed by atoms with E-state index < -0.39 is 0 Å². The van der Waals surface area contributed by atoms with E-state index in [1.165, 1.54) is 25.7 Å². The van der Waals surface area contributed by atoms with Crippen LogP contribution < -0.4 is 0 Å². The Morgan fingerprint density at radius 3 is 2.25 bits per heavy atom. The van der Waals surface area contributed by atoms with Crippen LogP contribution in [0.3, 0.4) is 0 Å². The van der Waals surface area contributed by atoms with Crippen LogP contribution in [0.25, 0.3) is 0 Å². The second-order valence-electron chi connectivity index (χ2n) is 2.84. The Bertz CT molecular complexity index is 86.6. The van der Waals surface area contributed by atoms with Crippen LogP contribution in [0.4, 0.5) is 0 Å². The lowest BCUT2D eigenvalue weighted by molar-refractivity contribution is 0.256. The van der Waals surface area contributed by atoms with Crippen molar-refractivity contribution in [2.75, 3.05) is 6.61 Å². The molecule has 1 heteroatoms. The van der Waals surface area contributed by atoms with Crippen molar-refractivity contribution in [2.45, 2.75) is 31.3 Å². The smallest absolute Gasteiger partial charge is 0.0916 e. The van der Waals surface area contributed by atoms with Crippen molar-refractivity contribution in [2.24, 2.45) is 0 Å². The predicted molar refractivity (Wildman–Crippen MR) is 31.5 cm³/mol. The molecule has 0 bridgehead atoms. The van der Waals surface area contributed by atoms with E-state index in [1.54, 1.807) is 0 Å². The molecule has 0 N–H and O–H groups in total. The summed E-state index contributed by atoms with van der Waals surface area (Å²) in [5.41, 5.74) is 0.398. The minimum atomic E-state index is 0.398. The molecule has 1 nitrogen and oxygen atoms in total. The third-order valence-corrected chi connectivity index (χ3v) is 2.16. The molecule has 0 atom stereocenters. The van der Waals surface area contributed by atoms with Gasteiger partial charge < -0.3 is 4.74 Å². The summed E-state index contributed by atoms with van der Waals surface area (Å²) in [5, 5.41) is 0. The first-order valence-electron chi connectivity index (χ1n) is 3.37. The molecule has 2 fully saturated rings. The maximum atomic E-state index is 5.32. The lowest BCUT2D eigenvalue weighted by Gasteiger charge is -2.15. The number of hydrogen-bond acceptors (Lipinski definition) is 1. The van der Waals surface area contributed by atoms with E-state index in [-0.39, 0.29) is 0 Å². The number of hydrogen-bond donors (Lipinski definition) is 0. The highest BCUT2D eigenvalue weighted by molar-refractivity contribution is 4.97. The van der Waals surface area contributed by atoms with E-state index in [0.717, 1.165) is 6.61 Å². The van der Waals surface area contributed by atoms with E-state index in [9.17, 15) is 0 Å². The molecule has 0 aromatic heterocycles. The first-order chi connectivity index (χ1) is 3.91. The number of rotatable bonds is 0. The Morgan fingerprint density at radius 1 is 1.25 bits per heavy atom. The molecular weight excluding hydrogens is 100 g/mol. The molecule has 0 unspecified atom stereocenters. The quantitative estimate of drug-likeness (QED) is 0.432. The van der Waals surface area contributed by atoms with Crippen molar-refractivity contribution >= 4 is 0 Å². The molecule has 0 aromatic carbocycles. The molecule has 1 heterocycles. The standard InChI is InChI=1S/C7H11O/c1-2-4-7(5-3-1)6-8-7/h1H,2-6H2. The van der Waals surface area contributed by atoms with Gasteiger partial charge in [-0.05, 0) is 32.1 Å². The van der Waals surface area contributed by atoms with Crippen LogP contribution >= 0.6 is 0 Å². The first-order valence-corrected chi connectivity index (χ1v) is 3.37. The Balaban J connectivity index is 1.95. The van der Waals surface area contributed by atoms with Gasteiger partial charge in [-0.15, -0.1) is 0 Å². The van der Waals surface area contributed by atoms with Gasteiger partial charge >= 0.3 is 0 Å². The van der Waals surface area contributed by atoms with Crippen molar-refractivity contribution in [3.05, 3.63) is 6.42 Å². The van der Waals surface area contributed by atoms with E-state index in [0.29, 0.717) is 5.60 Å². The summed E-state index contributed by atoms with van der Waals surface area (Å²) in [5.74, 6) is 0. The maximum absolute atomic E-state index is 5.32. The normalized spacial score (nSPS) is 33.0. The Kier molecular flexibility index (Phi) is 0.884. The van der Waals surface area contributed by atoms with Gasteiger partial charge in [-0.25, -0.2) is 0 Å². The fourth-order valence-corrected chi connectivity index (χ4v) is 1.39. The average molecular weight is 111 g/mol. The summed E-state index contributed by atoms with van der Waals surface area (Å²) >= 11 is 0. The van der Waals surface area contributed by atoms with Crippen molar-refractivity contribution < 1.29 is 4.74 Å². The van der Waals surface area contributed by atoms with E-state index in [1.807, 2.05) is 0 Å². The van der Waals surface area contributed by atoms with Crippen molar-refractivity contribution in [1.82, 2.24) is 0 Å². The van der Waals surface area contributed by atoms with Crippen molar-refractivity contribution in [3.8, 4) is 0 Å². The molecule has 2 rings (SSSR count). The molecule has 1 aliphatic carbocycles. The molecular formula is C7H11O. The SMILES string of the molecule is [CH]1CCC2(CC1)CO2. The Labute approximate surface area is 50.0 Å². The van der Waals surface area contributed by atoms with Crippen molar-refractivity contribution in [1.29, 1.82) is 0 Å². The molecule has 1 spiro atoms. The molecule has 45 valence electrons. The molecule has 1 radical (unpaired) electrons. The minimum absolute atomic E-state index is 0.398. The van der Waals surface area contributed by atoms with Crippen LogP contribution in [-0.2, 0) is 4.74 Å². The molecule has 8 heavy (non-hydrogen) atoms. The van der Waals surface area contributed by atoms with Crippen LogP contribution in [0.1, 0.15) is 25.7 Å². The number of ether oxygens (including phenoxy) is 1. The van der Waals surface area contributed by atoms with Gasteiger partial charge in [-0.1, -0.05) is 0 Å². The van der Waals surface area contributed by atoms with Crippen LogP contribution in [-0.4, -0.2) is 12.2 Å². The zero-order chi connectivity index (χ0) is 5.45. The highest BCUT2D eigenvalue weighted by Gasteiger charge is 2.44. The van der Waals surface area contributed by atoms with Crippen LogP contribution in [0.5, 0.6) is 0 Å². The maximum Gasteiger partial charge on any atom is 0.0916 e. The monoisotopic (exact) mass is 111 g/mol. The Hall–Kier alpha value is -0.0400. The lowest BCUT2D eigenvalue weighted by Crippen LogP contribution is -2.14. The van der Waals surface area contributed by atoms with Gasteiger partial charge in [0.2, 0.25) is 0 Å². The summed E-state index contributed by atoms with van der Waals surface area (Å²) in [6, 6.07) is 0. The zero-order valence-corrected chi connectivity index (χ0v) is 5.02. The summed E-state index contributed by atoms with van der Waals surface area (Å²) in [6.07, 6.45) is 7.49. The molecule has 2 aliphatic rings. The zero-order valence-electron chi connectivity index (χ0n) is 5.02. The largest absolute Gasteiger partial charge is 0.370 e. The van der Waals surface area contributed by atoms with Gasteiger partial charge in [-0.3, -0.25) is 0 Å². The van der Waals surface area contributed by atoms with E-state index >= 15 is 0 Å². The van der Waals surface area contributed by atoms with Gasteiger partial charge in [0.25, 0.3) is 0 Å². The fraction of sp³-hybridized carbons (Fsp3) is 0.857. The molecule has 1 saturated carbocycles. The van der Waals surface area contributed by atoms with Crippen molar-refractivity contribution in [3.63, 3.8) is 0 Å². The summed E-state index contributed by atoms with van der Waals surface area (Å²) in [6.45, 7) is 1.04. The van der Waals surface area contributed by atoms with Gasteiger partial charge in [0.1, 0.15) is 0 Å². The third-order valence-electron chi connectivity index (χ3n) is 2.16. The van der Waals surface area contributed by atoms with Crippen LogP contribution in [0, 0.1) is 6.42 Å². The van der Waals surface area contributed by atoms with E-state index in [4.69, 9.17) is 4.74 Å². The highest BCUT2D eigenvalue weighted by atomic mass is 16.6. The molecule has 1 saturated heterocycles. The van der Waals surface area contributed by atoms with Gasteiger partial charge in [0.15, 0.2) is 0 Å². The lowest BCUT2D eigenvalue weighted by atomic mass is 9.90. The molecule has 1 aliphatic heterocycles. The van der Waals surface area contributed by atoms with Gasteiger partial charge in [0.05, 0.1) is 12.2 Å². The number of epoxide rings is 1. The first kappa shape index (κ1) is 4.80. The van der Waals surface area contributed by atoms with Gasteiger partial charge in [-0.2, -0.15) is 0 Å². The van der Waals surface area contributed by atoms with Gasteiger partial charge in [0, 0.05) is 0 Å². The second kappa shape index (κ2) is 1.47. The summed E-state index contributed by atoms with van der Waals surface area (Å²) in [7, 11) is 0. The third kappa shape index (κ3) is 0.655. The topological polar surface area (TPSA) is 12.5 Å². The van der Waals surface area contributed by atoms with E-state index in [2.05, 4.69) is 6.42 Å². The summed E-state index contributed by atoms with van der Waals surface area (Å²) < 4.78 is 5.32. The molecule has 0 aromatic rings. The van der Waals surface area contributed by atoms with Crippen LogP contribution in [0.2, 0.25) is 0 Å². The predicted octanol–water partition coefficient (Wildman–Crippen LogP) is 1.53. The highest BCUT2D eigenvalue weighted by Crippen LogP contribution is 2.40. The molecule has 0 amide bonds. The fourth-order valence-electron chi connectivity index (χ4n) is 1.39. The van der Waals surface area contributed by atoms with Crippen LogP contribution in [0.15, 0.2) is 0 Å². The Morgan fingerprint density at radius 2 is 1.88 bits per heavy atom.